The summed E-state index contributed by atoms with van der Waals surface area (Å²) in [5.74, 6) is 0. The SMILES string of the molecule is Cc1ccc([C@H]2NC(=O)NC3=C2CCc2ccccc23)cc1. The Labute approximate surface area is 130 Å². The first-order valence-corrected chi connectivity index (χ1v) is 7.68. The van der Waals surface area contributed by atoms with E-state index in [0.717, 1.165) is 29.7 Å². The van der Waals surface area contributed by atoms with Gasteiger partial charge in [-0.3, -0.25) is 0 Å². The molecule has 0 saturated heterocycles. The quantitative estimate of drug-likeness (QED) is 0.826. The van der Waals surface area contributed by atoms with Gasteiger partial charge >= 0.3 is 6.03 Å². The fourth-order valence-electron chi connectivity index (χ4n) is 3.40. The van der Waals surface area contributed by atoms with Crippen LogP contribution in [0.25, 0.3) is 5.70 Å². The van der Waals surface area contributed by atoms with Crippen LogP contribution in [0.5, 0.6) is 0 Å². The van der Waals surface area contributed by atoms with E-state index in [-0.39, 0.29) is 12.1 Å². The zero-order valence-corrected chi connectivity index (χ0v) is 12.5. The molecular formula is C19H18N2O. The van der Waals surface area contributed by atoms with Gasteiger partial charge in [0.25, 0.3) is 0 Å². The lowest BCUT2D eigenvalue weighted by Crippen LogP contribution is -2.44. The number of benzene rings is 2. The van der Waals surface area contributed by atoms with Gasteiger partial charge in [0.15, 0.2) is 0 Å². The molecular weight excluding hydrogens is 272 g/mol. The molecule has 0 bridgehead atoms. The molecule has 0 radical (unpaired) electrons. The van der Waals surface area contributed by atoms with E-state index in [1.807, 2.05) is 6.07 Å². The van der Waals surface area contributed by atoms with Crippen LogP contribution < -0.4 is 10.6 Å². The zero-order chi connectivity index (χ0) is 15.1. The summed E-state index contributed by atoms with van der Waals surface area (Å²) < 4.78 is 0. The van der Waals surface area contributed by atoms with Crippen LogP contribution in [-0.2, 0) is 6.42 Å². The second-order valence-corrected chi connectivity index (χ2v) is 6.00. The van der Waals surface area contributed by atoms with Gasteiger partial charge in [-0.2, -0.15) is 0 Å². The van der Waals surface area contributed by atoms with E-state index in [0.29, 0.717) is 0 Å². The van der Waals surface area contributed by atoms with E-state index in [1.54, 1.807) is 0 Å². The minimum atomic E-state index is -0.124. The molecule has 0 aromatic heterocycles. The van der Waals surface area contributed by atoms with E-state index in [9.17, 15) is 4.79 Å². The lowest BCUT2D eigenvalue weighted by atomic mass is 9.83. The lowest BCUT2D eigenvalue weighted by molar-refractivity contribution is 0.240. The van der Waals surface area contributed by atoms with Crippen molar-refractivity contribution in [2.45, 2.75) is 25.8 Å². The molecule has 3 nitrogen and oxygen atoms in total. The minimum absolute atomic E-state index is 0.0299. The Morgan fingerprint density at radius 3 is 2.59 bits per heavy atom. The maximum atomic E-state index is 12.1. The molecule has 0 saturated carbocycles. The second kappa shape index (κ2) is 5.02. The number of rotatable bonds is 1. The summed E-state index contributed by atoms with van der Waals surface area (Å²) in [5, 5.41) is 6.09. The monoisotopic (exact) mass is 290 g/mol. The molecule has 2 aliphatic rings. The van der Waals surface area contributed by atoms with E-state index >= 15 is 0 Å². The summed E-state index contributed by atoms with van der Waals surface area (Å²) in [6, 6.07) is 16.6. The van der Waals surface area contributed by atoms with Gasteiger partial charge in [0.05, 0.1) is 11.7 Å². The number of aryl methyl sites for hydroxylation is 2. The number of hydrogen-bond donors (Lipinski definition) is 2. The van der Waals surface area contributed by atoms with E-state index < -0.39 is 0 Å². The molecule has 1 heterocycles. The van der Waals surface area contributed by atoms with Gasteiger partial charge in [-0.15, -0.1) is 0 Å². The molecule has 0 fully saturated rings. The molecule has 22 heavy (non-hydrogen) atoms. The predicted octanol–water partition coefficient (Wildman–Crippen LogP) is 3.71. The van der Waals surface area contributed by atoms with Gasteiger partial charge in [-0.1, -0.05) is 54.1 Å². The van der Waals surface area contributed by atoms with Crippen molar-refractivity contribution in [1.82, 2.24) is 10.6 Å². The highest BCUT2D eigenvalue weighted by Crippen LogP contribution is 2.38. The highest BCUT2D eigenvalue weighted by atomic mass is 16.2. The Kier molecular flexibility index (Phi) is 3.00. The average molecular weight is 290 g/mol. The standard InChI is InChI=1S/C19H18N2O/c1-12-6-8-14(9-7-12)17-16-11-10-13-4-2-3-5-15(13)18(16)21-19(22)20-17/h2-9,17H,10-11H2,1H3,(H2,20,21,22)/t17-/m1/s1. The van der Waals surface area contributed by atoms with Crippen LogP contribution in [0.15, 0.2) is 54.1 Å². The molecule has 1 aliphatic carbocycles. The number of fused-ring (bicyclic) bond motifs is 2. The molecule has 0 spiro atoms. The third kappa shape index (κ3) is 2.10. The first kappa shape index (κ1) is 13.1. The number of urea groups is 1. The number of nitrogens with one attached hydrogen (secondary N) is 2. The van der Waals surface area contributed by atoms with Crippen molar-refractivity contribution in [3.05, 3.63) is 76.4 Å². The van der Waals surface area contributed by atoms with Crippen molar-refractivity contribution in [3.63, 3.8) is 0 Å². The molecule has 1 aliphatic heterocycles. The van der Waals surface area contributed by atoms with Crippen LogP contribution >= 0.6 is 0 Å². The van der Waals surface area contributed by atoms with Gasteiger partial charge in [-0.25, -0.2) is 4.79 Å². The fraction of sp³-hybridized carbons (Fsp3) is 0.211. The van der Waals surface area contributed by atoms with Crippen LogP contribution in [-0.4, -0.2) is 6.03 Å². The molecule has 2 N–H and O–H groups in total. The zero-order valence-electron chi connectivity index (χ0n) is 12.5. The smallest absolute Gasteiger partial charge is 0.319 e. The molecule has 3 heteroatoms. The summed E-state index contributed by atoms with van der Waals surface area (Å²) in [6.45, 7) is 2.08. The van der Waals surface area contributed by atoms with E-state index in [1.165, 1.54) is 16.7 Å². The van der Waals surface area contributed by atoms with Crippen molar-refractivity contribution < 1.29 is 4.79 Å². The van der Waals surface area contributed by atoms with E-state index in [4.69, 9.17) is 0 Å². The Morgan fingerprint density at radius 2 is 1.77 bits per heavy atom. The lowest BCUT2D eigenvalue weighted by Gasteiger charge is -2.34. The predicted molar refractivity (Wildman–Crippen MR) is 87.3 cm³/mol. The van der Waals surface area contributed by atoms with Crippen LogP contribution in [0, 0.1) is 6.92 Å². The van der Waals surface area contributed by atoms with Crippen molar-refractivity contribution >= 4 is 11.7 Å². The van der Waals surface area contributed by atoms with E-state index in [2.05, 4.69) is 60.0 Å². The largest absolute Gasteiger partial charge is 0.327 e. The molecule has 1 atom stereocenters. The number of carbonyl (C=O) groups excluding carboxylic acids is 1. The molecule has 110 valence electrons. The highest BCUT2D eigenvalue weighted by Gasteiger charge is 2.31. The minimum Gasteiger partial charge on any atom is -0.327 e. The maximum absolute atomic E-state index is 12.1. The molecule has 2 amide bonds. The Balaban J connectivity index is 1.84. The van der Waals surface area contributed by atoms with Gasteiger partial charge in [0, 0.05) is 5.56 Å². The normalized spacial score (nSPS) is 19.9. The van der Waals surface area contributed by atoms with Crippen LogP contribution in [0.4, 0.5) is 4.79 Å². The molecule has 2 aromatic rings. The molecule has 0 unspecified atom stereocenters. The average Bonchev–Trinajstić information content (AvgIpc) is 2.55. The van der Waals surface area contributed by atoms with Gasteiger partial charge in [-0.05, 0) is 36.5 Å². The third-order valence-corrected chi connectivity index (χ3v) is 4.54. The summed E-state index contributed by atoms with van der Waals surface area (Å²) in [6.07, 6.45) is 1.99. The first-order chi connectivity index (χ1) is 10.7. The highest BCUT2D eigenvalue weighted by molar-refractivity contribution is 5.91. The van der Waals surface area contributed by atoms with Crippen molar-refractivity contribution in [3.8, 4) is 0 Å². The Bertz CT molecular complexity index is 774. The summed E-state index contributed by atoms with van der Waals surface area (Å²) >= 11 is 0. The third-order valence-electron chi connectivity index (χ3n) is 4.54. The summed E-state index contributed by atoms with van der Waals surface area (Å²) in [4.78, 5) is 12.1. The van der Waals surface area contributed by atoms with Gasteiger partial charge in [0.2, 0.25) is 0 Å². The van der Waals surface area contributed by atoms with Crippen molar-refractivity contribution in [1.29, 1.82) is 0 Å². The van der Waals surface area contributed by atoms with Crippen LogP contribution in [0.2, 0.25) is 0 Å². The number of amides is 2. The molecule has 2 aromatic carbocycles. The topological polar surface area (TPSA) is 41.1 Å². The Hall–Kier alpha value is -2.55. The van der Waals surface area contributed by atoms with Crippen LogP contribution in [0.3, 0.4) is 0 Å². The maximum Gasteiger partial charge on any atom is 0.319 e. The number of carbonyl (C=O) groups is 1. The Morgan fingerprint density at radius 1 is 1.00 bits per heavy atom. The summed E-state index contributed by atoms with van der Waals surface area (Å²) in [5.41, 5.74) is 7.12. The van der Waals surface area contributed by atoms with Crippen molar-refractivity contribution in [2.24, 2.45) is 0 Å². The second-order valence-electron chi connectivity index (χ2n) is 6.00. The first-order valence-electron chi connectivity index (χ1n) is 7.68. The van der Waals surface area contributed by atoms with Gasteiger partial charge < -0.3 is 10.6 Å². The van der Waals surface area contributed by atoms with Crippen LogP contribution in [0.1, 0.15) is 34.7 Å². The van der Waals surface area contributed by atoms with Crippen molar-refractivity contribution in [2.75, 3.05) is 0 Å². The number of hydrogen-bond acceptors (Lipinski definition) is 1. The summed E-state index contributed by atoms with van der Waals surface area (Å²) in [7, 11) is 0. The van der Waals surface area contributed by atoms with Gasteiger partial charge in [0.1, 0.15) is 0 Å². The fourth-order valence-corrected chi connectivity index (χ4v) is 3.40. The molecule has 4 rings (SSSR count).